The van der Waals surface area contributed by atoms with Crippen molar-refractivity contribution in [1.82, 2.24) is 5.32 Å². The average Bonchev–Trinajstić information content (AvgIpc) is 3.05. The van der Waals surface area contributed by atoms with Gasteiger partial charge in [0, 0.05) is 18.4 Å². The van der Waals surface area contributed by atoms with Crippen molar-refractivity contribution in [1.29, 1.82) is 0 Å². The minimum atomic E-state index is -0.801. The molecular formula is C25H23NO2. The summed E-state index contributed by atoms with van der Waals surface area (Å²) in [6, 6.07) is 28.1. The van der Waals surface area contributed by atoms with Gasteiger partial charge in [-0.05, 0) is 16.7 Å². The average molecular weight is 369 g/mol. The Balaban J connectivity index is 1.65. The van der Waals surface area contributed by atoms with Gasteiger partial charge in [0.1, 0.15) is 5.54 Å². The van der Waals surface area contributed by atoms with Crippen LogP contribution in [0.3, 0.4) is 0 Å². The van der Waals surface area contributed by atoms with Crippen molar-refractivity contribution in [2.24, 2.45) is 0 Å². The lowest BCUT2D eigenvalue weighted by Crippen LogP contribution is -2.50. The SMILES string of the molecule is C=Cc1ccc(C2NC(Cc3ccccc3)(Cc3ccccc3)C(=O)O2)cc1. The second-order valence-electron chi connectivity index (χ2n) is 7.21. The van der Waals surface area contributed by atoms with Gasteiger partial charge in [-0.15, -0.1) is 0 Å². The molecule has 0 aromatic heterocycles. The van der Waals surface area contributed by atoms with E-state index in [2.05, 4.69) is 11.9 Å². The molecule has 1 aliphatic rings. The van der Waals surface area contributed by atoms with Gasteiger partial charge >= 0.3 is 5.97 Å². The van der Waals surface area contributed by atoms with Crippen LogP contribution >= 0.6 is 0 Å². The van der Waals surface area contributed by atoms with E-state index in [0.29, 0.717) is 12.8 Å². The molecule has 1 atom stereocenters. The molecule has 0 radical (unpaired) electrons. The standard InChI is InChI=1S/C25H23NO2/c1-2-19-13-15-22(16-14-19)23-26-25(24(27)28-23,17-20-9-5-3-6-10-20)18-21-11-7-4-8-12-21/h2-16,23,26H,1,17-18H2. The molecule has 1 aliphatic heterocycles. The topological polar surface area (TPSA) is 38.3 Å². The van der Waals surface area contributed by atoms with Crippen molar-refractivity contribution in [3.63, 3.8) is 0 Å². The van der Waals surface area contributed by atoms with Gasteiger partial charge in [-0.3, -0.25) is 5.32 Å². The molecule has 3 nitrogen and oxygen atoms in total. The number of hydrogen-bond acceptors (Lipinski definition) is 3. The van der Waals surface area contributed by atoms with Crippen LogP contribution in [0.1, 0.15) is 28.5 Å². The first-order chi connectivity index (χ1) is 13.7. The molecule has 1 fully saturated rings. The van der Waals surface area contributed by atoms with Crippen molar-refractivity contribution in [2.45, 2.75) is 24.6 Å². The smallest absolute Gasteiger partial charge is 0.328 e. The molecule has 1 N–H and O–H groups in total. The van der Waals surface area contributed by atoms with E-state index in [1.807, 2.05) is 84.9 Å². The number of hydrogen-bond donors (Lipinski definition) is 1. The van der Waals surface area contributed by atoms with Crippen LogP contribution in [0.5, 0.6) is 0 Å². The fourth-order valence-corrected chi connectivity index (χ4v) is 3.71. The second-order valence-corrected chi connectivity index (χ2v) is 7.21. The zero-order chi connectivity index (χ0) is 19.4. The lowest BCUT2D eigenvalue weighted by atomic mass is 9.85. The summed E-state index contributed by atoms with van der Waals surface area (Å²) in [5.41, 5.74) is 3.37. The number of cyclic esters (lactones) is 1. The summed E-state index contributed by atoms with van der Waals surface area (Å²) < 4.78 is 5.81. The highest BCUT2D eigenvalue weighted by Crippen LogP contribution is 2.33. The zero-order valence-electron chi connectivity index (χ0n) is 15.7. The third-order valence-corrected chi connectivity index (χ3v) is 5.20. The molecular weight excluding hydrogens is 346 g/mol. The predicted octanol–water partition coefficient (Wildman–Crippen LogP) is 4.70. The van der Waals surface area contributed by atoms with E-state index < -0.39 is 11.8 Å². The molecule has 3 aromatic rings. The Bertz CT molecular complexity index is 907. The first-order valence-corrected chi connectivity index (χ1v) is 9.48. The van der Waals surface area contributed by atoms with E-state index in [1.54, 1.807) is 6.08 Å². The first-order valence-electron chi connectivity index (χ1n) is 9.48. The molecule has 4 rings (SSSR count). The molecule has 0 bridgehead atoms. The Morgan fingerprint density at radius 1 is 0.857 bits per heavy atom. The second kappa shape index (κ2) is 7.83. The monoisotopic (exact) mass is 369 g/mol. The fourth-order valence-electron chi connectivity index (χ4n) is 3.71. The van der Waals surface area contributed by atoms with E-state index in [1.165, 1.54) is 0 Å². The number of rotatable bonds is 6. The number of esters is 1. The summed E-state index contributed by atoms with van der Waals surface area (Å²) in [4.78, 5) is 13.1. The van der Waals surface area contributed by atoms with Crippen molar-refractivity contribution in [3.8, 4) is 0 Å². The third kappa shape index (κ3) is 3.75. The molecule has 1 heterocycles. The van der Waals surface area contributed by atoms with Crippen LogP contribution in [0, 0.1) is 0 Å². The maximum Gasteiger partial charge on any atom is 0.328 e. The van der Waals surface area contributed by atoms with Gasteiger partial charge in [0.25, 0.3) is 0 Å². The van der Waals surface area contributed by atoms with E-state index >= 15 is 0 Å². The van der Waals surface area contributed by atoms with E-state index in [9.17, 15) is 4.79 Å². The van der Waals surface area contributed by atoms with Gasteiger partial charge in [-0.2, -0.15) is 0 Å². The molecule has 0 saturated carbocycles. The summed E-state index contributed by atoms with van der Waals surface area (Å²) in [6.45, 7) is 3.79. The van der Waals surface area contributed by atoms with Crippen molar-refractivity contribution >= 4 is 12.0 Å². The highest BCUT2D eigenvalue weighted by Gasteiger charge is 2.48. The molecule has 0 aliphatic carbocycles. The molecule has 0 spiro atoms. The van der Waals surface area contributed by atoms with Crippen molar-refractivity contribution < 1.29 is 9.53 Å². The number of ether oxygens (including phenoxy) is 1. The van der Waals surface area contributed by atoms with Crippen LogP contribution in [0.2, 0.25) is 0 Å². The van der Waals surface area contributed by atoms with Crippen LogP contribution in [-0.2, 0) is 22.4 Å². The largest absolute Gasteiger partial charge is 0.441 e. The van der Waals surface area contributed by atoms with Crippen LogP contribution in [0.15, 0.2) is 91.5 Å². The maximum atomic E-state index is 13.1. The summed E-state index contributed by atoms with van der Waals surface area (Å²) in [5.74, 6) is -0.210. The summed E-state index contributed by atoms with van der Waals surface area (Å²) >= 11 is 0. The summed E-state index contributed by atoms with van der Waals surface area (Å²) in [5, 5.41) is 3.51. The normalized spacial score (nSPS) is 17.9. The maximum absolute atomic E-state index is 13.1. The Morgan fingerprint density at radius 3 is 1.89 bits per heavy atom. The van der Waals surface area contributed by atoms with Crippen LogP contribution in [-0.4, -0.2) is 11.5 Å². The van der Waals surface area contributed by atoms with Gasteiger partial charge in [-0.25, -0.2) is 4.79 Å². The predicted molar refractivity (Wildman–Crippen MR) is 112 cm³/mol. The summed E-state index contributed by atoms with van der Waals surface area (Å²) in [7, 11) is 0. The Morgan fingerprint density at radius 2 is 1.39 bits per heavy atom. The molecule has 3 aromatic carbocycles. The van der Waals surface area contributed by atoms with Crippen LogP contribution < -0.4 is 5.32 Å². The highest BCUT2D eigenvalue weighted by molar-refractivity contribution is 5.84. The number of carbonyl (C=O) groups excluding carboxylic acids is 1. The van der Waals surface area contributed by atoms with Gasteiger partial charge in [0.2, 0.25) is 0 Å². The fraction of sp³-hybridized carbons (Fsp3) is 0.160. The number of benzene rings is 3. The molecule has 1 saturated heterocycles. The van der Waals surface area contributed by atoms with Crippen LogP contribution in [0.4, 0.5) is 0 Å². The van der Waals surface area contributed by atoms with Crippen molar-refractivity contribution in [3.05, 3.63) is 114 Å². The molecule has 0 amide bonds. The van der Waals surface area contributed by atoms with Crippen LogP contribution in [0.25, 0.3) is 6.08 Å². The van der Waals surface area contributed by atoms with E-state index in [4.69, 9.17) is 4.74 Å². The summed E-state index contributed by atoms with van der Waals surface area (Å²) in [6.07, 6.45) is 2.48. The molecule has 1 unspecified atom stereocenters. The lowest BCUT2D eigenvalue weighted by molar-refractivity contribution is -0.145. The first kappa shape index (κ1) is 18.2. The molecule has 3 heteroatoms. The molecule has 28 heavy (non-hydrogen) atoms. The Hall–Kier alpha value is -3.17. The van der Waals surface area contributed by atoms with Gasteiger partial charge < -0.3 is 4.74 Å². The van der Waals surface area contributed by atoms with E-state index in [0.717, 1.165) is 22.3 Å². The Labute approximate surface area is 165 Å². The van der Waals surface area contributed by atoms with Gasteiger partial charge in [-0.1, -0.05) is 97.6 Å². The zero-order valence-corrected chi connectivity index (χ0v) is 15.7. The Kier molecular flexibility index (Phi) is 5.09. The van der Waals surface area contributed by atoms with Crippen molar-refractivity contribution in [2.75, 3.05) is 0 Å². The highest BCUT2D eigenvalue weighted by atomic mass is 16.6. The number of nitrogens with one attached hydrogen (secondary N) is 1. The third-order valence-electron chi connectivity index (χ3n) is 5.20. The quantitative estimate of drug-likeness (QED) is 0.640. The van der Waals surface area contributed by atoms with Gasteiger partial charge in [0.15, 0.2) is 6.23 Å². The molecule has 140 valence electrons. The number of carbonyl (C=O) groups is 1. The van der Waals surface area contributed by atoms with E-state index in [-0.39, 0.29) is 5.97 Å². The van der Waals surface area contributed by atoms with Gasteiger partial charge in [0.05, 0.1) is 0 Å². The minimum Gasteiger partial charge on any atom is -0.441 e. The lowest BCUT2D eigenvalue weighted by Gasteiger charge is -2.26. The minimum absolute atomic E-state index is 0.210.